The second kappa shape index (κ2) is 7.38. The number of nitrogens with two attached hydrogens (primary N) is 1. The van der Waals surface area contributed by atoms with E-state index in [4.69, 9.17) is 10.5 Å². The van der Waals surface area contributed by atoms with Crippen molar-refractivity contribution in [1.82, 2.24) is 0 Å². The van der Waals surface area contributed by atoms with Crippen molar-refractivity contribution in [2.75, 3.05) is 23.9 Å². The molecule has 1 amide bonds. The Morgan fingerprint density at radius 1 is 1.33 bits per heavy atom. The number of para-hydroxylation sites is 1. The van der Waals surface area contributed by atoms with Gasteiger partial charge in [-0.05, 0) is 46.3 Å². The van der Waals surface area contributed by atoms with Gasteiger partial charge >= 0.3 is 0 Å². The highest BCUT2D eigenvalue weighted by atomic mass is 79.9. The molecule has 6 heteroatoms. The lowest BCUT2D eigenvalue weighted by Crippen LogP contribution is -2.14. The monoisotopic (exact) mass is 366 g/mol. The van der Waals surface area contributed by atoms with Crippen LogP contribution in [0.5, 0.6) is 5.75 Å². The number of anilines is 2. The highest BCUT2D eigenvalue weighted by Gasteiger charge is 2.08. The summed E-state index contributed by atoms with van der Waals surface area (Å²) in [6.07, 6.45) is 0. The molecule has 0 spiro atoms. The van der Waals surface area contributed by atoms with Crippen LogP contribution in [-0.4, -0.2) is 18.8 Å². The van der Waals surface area contributed by atoms with Crippen molar-refractivity contribution in [3.63, 3.8) is 0 Å². The minimum Gasteiger partial charge on any atom is -0.497 e. The summed E-state index contributed by atoms with van der Waals surface area (Å²) in [6, 6.07) is 12.9. The number of carbonyl (C=O) groups is 1. The molecule has 0 aliphatic rings. The van der Waals surface area contributed by atoms with Gasteiger partial charge in [0.25, 0.3) is 0 Å². The summed E-state index contributed by atoms with van der Waals surface area (Å²) < 4.78 is 6.00. The van der Waals surface area contributed by atoms with Gasteiger partial charge in [0.2, 0.25) is 5.91 Å². The van der Waals surface area contributed by atoms with E-state index in [0.717, 1.165) is 20.8 Å². The Morgan fingerprint density at radius 3 is 2.81 bits per heavy atom. The van der Waals surface area contributed by atoms with E-state index in [1.54, 1.807) is 19.2 Å². The first-order chi connectivity index (χ1) is 10.1. The number of nitrogens with one attached hydrogen (secondary N) is 1. The molecule has 0 radical (unpaired) electrons. The van der Waals surface area contributed by atoms with Crippen molar-refractivity contribution in [1.29, 1.82) is 0 Å². The molecular formula is C15H15BrN2O2S. The van der Waals surface area contributed by atoms with Crippen LogP contribution in [0.25, 0.3) is 0 Å². The molecule has 0 saturated carbocycles. The Balaban J connectivity index is 1.97. The lowest BCUT2D eigenvalue weighted by atomic mass is 10.3. The first kappa shape index (κ1) is 15.7. The topological polar surface area (TPSA) is 64.3 Å². The van der Waals surface area contributed by atoms with Crippen LogP contribution in [0, 0.1) is 0 Å². The van der Waals surface area contributed by atoms with Gasteiger partial charge < -0.3 is 15.8 Å². The number of hydrogen-bond acceptors (Lipinski definition) is 4. The van der Waals surface area contributed by atoms with Crippen molar-refractivity contribution >= 4 is 45.0 Å². The summed E-state index contributed by atoms with van der Waals surface area (Å²) >= 11 is 4.77. The van der Waals surface area contributed by atoms with E-state index in [2.05, 4.69) is 21.2 Å². The fourth-order valence-corrected chi connectivity index (χ4v) is 2.84. The summed E-state index contributed by atoms with van der Waals surface area (Å²) in [6.45, 7) is 0. The Labute approximate surface area is 136 Å². The van der Waals surface area contributed by atoms with E-state index < -0.39 is 0 Å². The van der Waals surface area contributed by atoms with Crippen molar-refractivity contribution in [3.05, 3.63) is 46.9 Å². The van der Waals surface area contributed by atoms with E-state index in [1.165, 1.54) is 11.8 Å². The maximum Gasteiger partial charge on any atom is 0.234 e. The standard InChI is InChI=1S/C15H15BrN2O2S/c1-20-10-6-7-12(17)14(8-10)21-9-15(19)18-13-5-3-2-4-11(13)16/h2-8H,9,17H2,1H3,(H,18,19). The second-order valence-corrected chi connectivity index (χ2v) is 6.09. The van der Waals surface area contributed by atoms with Crippen LogP contribution in [0.15, 0.2) is 51.8 Å². The molecule has 4 nitrogen and oxygen atoms in total. The highest BCUT2D eigenvalue weighted by Crippen LogP contribution is 2.29. The first-order valence-corrected chi connectivity index (χ1v) is 7.98. The van der Waals surface area contributed by atoms with Crippen molar-refractivity contribution in [3.8, 4) is 5.75 Å². The van der Waals surface area contributed by atoms with Gasteiger partial charge in [0, 0.05) is 15.1 Å². The van der Waals surface area contributed by atoms with E-state index in [1.807, 2.05) is 30.3 Å². The number of thioether (sulfide) groups is 1. The second-order valence-electron chi connectivity index (χ2n) is 4.22. The van der Waals surface area contributed by atoms with Crippen LogP contribution in [0.1, 0.15) is 0 Å². The number of hydrogen-bond donors (Lipinski definition) is 2. The Kier molecular flexibility index (Phi) is 5.52. The third kappa shape index (κ3) is 4.41. The van der Waals surface area contributed by atoms with Crippen molar-refractivity contribution in [2.24, 2.45) is 0 Å². The maximum atomic E-state index is 12.0. The third-order valence-electron chi connectivity index (χ3n) is 2.73. The minimum atomic E-state index is -0.0888. The largest absolute Gasteiger partial charge is 0.497 e. The molecule has 0 atom stereocenters. The average molecular weight is 367 g/mol. The molecule has 21 heavy (non-hydrogen) atoms. The molecule has 2 aromatic rings. The summed E-state index contributed by atoms with van der Waals surface area (Å²) in [4.78, 5) is 12.8. The number of halogens is 1. The maximum absolute atomic E-state index is 12.0. The SMILES string of the molecule is COc1ccc(N)c(SCC(=O)Nc2ccccc2Br)c1. The van der Waals surface area contributed by atoms with Crippen LogP contribution in [0.2, 0.25) is 0 Å². The smallest absolute Gasteiger partial charge is 0.234 e. The van der Waals surface area contributed by atoms with E-state index >= 15 is 0 Å². The van der Waals surface area contributed by atoms with Gasteiger partial charge in [0.1, 0.15) is 5.75 Å². The molecule has 3 N–H and O–H groups in total. The third-order valence-corrected chi connectivity index (χ3v) is 4.49. The zero-order chi connectivity index (χ0) is 15.2. The molecular weight excluding hydrogens is 352 g/mol. The zero-order valence-corrected chi connectivity index (χ0v) is 13.8. The van der Waals surface area contributed by atoms with Crippen LogP contribution in [0.4, 0.5) is 11.4 Å². The first-order valence-electron chi connectivity index (χ1n) is 6.21. The average Bonchev–Trinajstić information content (AvgIpc) is 2.49. The summed E-state index contributed by atoms with van der Waals surface area (Å²) in [7, 11) is 1.60. The fourth-order valence-electron chi connectivity index (χ4n) is 1.66. The van der Waals surface area contributed by atoms with Gasteiger partial charge in [-0.3, -0.25) is 4.79 Å². The molecule has 0 aliphatic heterocycles. The summed E-state index contributed by atoms with van der Waals surface area (Å²) in [5.74, 6) is 0.908. The Bertz CT molecular complexity index is 649. The molecule has 0 bridgehead atoms. The lowest BCUT2D eigenvalue weighted by Gasteiger charge is -2.09. The molecule has 2 rings (SSSR count). The van der Waals surface area contributed by atoms with Crippen LogP contribution >= 0.6 is 27.7 Å². The Hall–Kier alpha value is -1.66. The van der Waals surface area contributed by atoms with Gasteiger partial charge in [-0.2, -0.15) is 0 Å². The van der Waals surface area contributed by atoms with Gasteiger partial charge in [-0.25, -0.2) is 0 Å². The number of nitrogen functional groups attached to an aromatic ring is 1. The normalized spacial score (nSPS) is 10.2. The lowest BCUT2D eigenvalue weighted by molar-refractivity contribution is -0.113. The van der Waals surface area contributed by atoms with Crippen molar-refractivity contribution in [2.45, 2.75) is 4.90 Å². The van der Waals surface area contributed by atoms with Gasteiger partial charge in [0.15, 0.2) is 0 Å². The number of benzene rings is 2. The quantitative estimate of drug-likeness (QED) is 0.624. The number of methoxy groups -OCH3 is 1. The molecule has 0 aromatic heterocycles. The molecule has 0 fully saturated rings. The van der Waals surface area contributed by atoms with Gasteiger partial charge in [0.05, 0.1) is 18.6 Å². The predicted octanol–water partition coefficient (Wildman–Crippen LogP) is 3.77. The van der Waals surface area contributed by atoms with Crippen LogP contribution < -0.4 is 15.8 Å². The van der Waals surface area contributed by atoms with E-state index in [9.17, 15) is 4.79 Å². The summed E-state index contributed by atoms with van der Waals surface area (Å²) in [5.41, 5.74) is 7.28. The van der Waals surface area contributed by atoms with Gasteiger partial charge in [-0.15, -0.1) is 11.8 Å². The van der Waals surface area contributed by atoms with Crippen LogP contribution in [-0.2, 0) is 4.79 Å². The number of carbonyl (C=O) groups excluding carboxylic acids is 1. The number of rotatable bonds is 5. The fraction of sp³-hybridized carbons (Fsp3) is 0.133. The van der Waals surface area contributed by atoms with Gasteiger partial charge in [-0.1, -0.05) is 12.1 Å². The predicted molar refractivity (Wildman–Crippen MR) is 90.9 cm³/mol. The number of ether oxygens (including phenoxy) is 1. The molecule has 2 aromatic carbocycles. The molecule has 0 saturated heterocycles. The molecule has 0 aliphatic carbocycles. The molecule has 0 unspecified atom stereocenters. The number of amides is 1. The van der Waals surface area contributed by atoms with Crippen LogP contribution in [0.3, 0.4) is 0 Å². The molecule has 0 heterocycles. The Morgan fingerprint density at radius 2 is 2.10 bits per heavy atom. The van der Waals surface area contributed by atoms with Crippen molar-refractivity contribution < 1.29 is 9.53 Å². The zero-order valence-electron chi connectivity index (χ0n) is 11.4. The minimum absolute atomic E-state index is 0.0888. The van der Waals surface area contributed by atoms with E-state index in [-0.39, 0.29) is 11.7 Å². The summed E-state index contributed by atoms with van der Waals surface area (Å²) in [5, 5.41) is 2.85. The molecule has 110 valence electrons. The highest BCUT2D eigenvalue weighted by molar-refractivity contribution is 9.10. The van der Waals surface area contributed by atoms with E-state index in [0.29, 0.717) is 5.69 Å².